The van der Waals surface area contributed by atoms with Crippen LogP contribution in [0.3, 0.4) is 0 Å². The van der Waals surface area contributed by atoms with E-state index in [-0.39, 0.29) is 18.6 Å². The Hall–Kier alpha value is -1.14. The standard InChI is InChI=1S/C11H20N2O4/c1-9(8-13-3-5-16-6-4-13)17-11(15)7-12-10(2)14/h9H,3-8H2,1-2H3,(H,12,14). The first kappa shape index (κ1) is 13.9. The lowest BCUT2D eigenvalue weighted by Gasteiger charge is -2.28. The number of rotatable bonds is 5. The van der Waals surface area contributed by atoms with E-state index in [1.54, 1.807) is 0 Å². The number of esters is 1. The third kappa shape index (κ3) is 6.23. The van der Waals surface area contributed by atoms with E-state index in [9.17, 15) is 9.59 Å². The molecule has 1 N–H and O–H groups in total. The van der Waals surface area contributed by atoms with Crippen LogP contribution in [0.15, 0.2) is 0 Å². The molecule has 1 saturated heterocycles. The number of ether oxygens (including phenoxy) is 2. The molecule has 0 aliphatic carbocycles. The minimum atomic E-state index is -0.402. The van der Waals surface area contributed by atoms with Gasteiger partial charge < -0.3 is 14.8 Å². The first-order valence-electron chi connectivity index (χ1n) is 5.82. The Bertz CT molecular complexity index is 264. The van der Waals surface area contributed by atoms with Crippen molar-refractivity contribution >= 4 is 11.9 Å². The Morgan fingerprint density at radius 3 is 2.65 bits per heavy atom. The normalized spacial score (nSPS) is 18.5. The second kappa shape index (κ2) is 7.24. The third-order valence-electron chi connectivity index (χ3n) is 2.43. The Kier molecular flexibility index (Phi) is 5.93. The Morgan fingerprint density at radius 2 is 2.06 bits per heavy atom. The van der Waals surface area contributed by atoms with Crippen molar-refractivity contribution in [1.82, 2.24) is 10.2 Å². The van der Waals surface area contributed by atoms with Crippen molar-refractivity contribution in [3.8, 4) is 0 Å². The van der Waals surface area contributed by atoms with Gasteiger partial charge in [0.2, 0.25) is 5.91 Å². The predicted molar refractivity (Wildman–Crippen MR) is 61.5 cm³/mol. The van der Waals surface area contributed by atoms with Crippen LogP contribution in [0, 0.1) is 0 Å². The van der Waals surface area contributed by atoms with E-state index in [1.807, 2.05) is 6.92 Å². The van der Waals surface area contributed by atoms with Gasteiger partial charge in [-0.2, -0.15) is 0 Å². The molecule has 1 atom stereocenters. The first-order chi connectivity index (χ1) is 8.08. The van der Waals surface area contributed by atoms with Gasteiger partial charge in [0.15, 0.2) is 0 Å². The van der Waals surface area contributed by atoms with Crippen LogP contribution in [-0.4, -0.2) is 62.3 Å². The molecule has 1 rings (SSSR count). The Labute approximate surface area is 101 Å². The molecule has 98 valence electrons. The van der Waals surface area contributed by atoms with E-state index in [4.69, 9.17) is 9.47 Å². The summed E-state index contributed by atoms with van der Waals surface area (Å²) in [7, 11) is 0. The number of carbonyl (C=O) groups excluding carboxylic acids is 2. The van der Waals surface area contributed by atoms with E-state index in [1.165, 1.54) is 6.92 Å². The summed E-state index contributed by atoms with van der Waals surface area (Å²) in [6.45, 7) is 7.05. The van der Waals surface area contributed by atoms with E-state index in [0.717, 1.165) is 26.3 Å². The van der Waals surface area contributed by atoms with E-state index >= 15 is 0 Å². The summed E-state index contributed by atoms with van der Waals surface area (Å²) < 4.78 is 10.4. The molecule has 1 fully saturated rings. The molecule has 6 heteroatoms. The van der Waals surface area contributed by atoms with Gasteiger partial charge >= 0.3 is 5.97 Å². The maximum absolute atomic E-state index is 11.3. The highest BCUT2D eigenvalue weighted by Crippen LogP contribution is 2.01. The molecule has 0 aromatic rings. The van der Waals surface area contributed by atoms with Crippen LogP contribution in [0.25, 0.3) is 0 Å². The van der Waals surface area contributed by atoms with Crippen LogP contribution in [0.5, 0.6) is 0 Å². The molecule has 0 radical (unpaired) electrons. The summed E-state index contributed by atoms with van der Waals surface area (Å²) in [5.74, 6) is -0.635. The number of hydrogen-bond donors (Lipinski definition) is 1. The van der Waals surface area contributed by atoms with Gasteiger partial charge in [0.05, 0.1) is 13.2 Å². The Morgan fingerprint density at radius 1 is 1.41 bits per heavy atom. The number of carbonyl (C=O) groups is 2. The maximum Gasteiger partial charge on any atom is 0.325 e. The van der Waals surface area contributed by atoms with Crippen LogP contribution in [0.1, 0.15) is 13.8 Å². The fourth-order valence-electron chi connectivity index (χ4n) is 1.65. The smallest absolute Gasteiger partial charge is 0.325 e. The average Bonchev–Trinajstić information content (AvgIpc) is 2.27. The van der Waals surface area contributed by atoms with Gasteiger partial charge in [-0.25, -0.2) is 0 Å². The molecule has 1 unspecified atom stereocenters. The van der Waals surface area contributed by atoms with Crippen molar-refractivity contribution in [3.63, 3.8) is 0 Å². The van der Waals surface area contributed by atoms with Crippen LogP contribution in [0.4, 0.5) is 0 Å². The van der Waals surface area contributed by atoms with E-state index in [2.05, 4.69) is 10.2 Å². The molecule has 0 bridgehead atoms. The third-order valence-corrected chi connectivity index (χ3v) is 2.43. The van der Waals surface area contributed by atoms with Crippen LogP contribution >= 0.6 is 0 Å². The number of nitrogens with one attached hydrogen (secondary N) is 1. The first-order valence-corrected chi connectivity index (χ1v) is 5.82. The van der Waals surface area contributed by atoms with Gasteiger partial charge in [-0.3, -0.25) is 14.5 Å². The highest BCUT2D eigenvalue weighted by molar-refractivity contribution is 5.80. The predicted octanol–water partition coefficient (Wildman–Crippen LogP) is -0.614. The van der Waals surface area contributed by atoms with E-state index < -0.39 is 5.97 Å². The van der Waals surface area contributed by atoms with Crippen molar-refractivity contribution < 1.29 is 19.1 Å². The van der Waals surface area contributed by atoms with Crippen LogP contribution in [0.2, 0.25) is 0 Å². The number of amides is 1. The number of hydrogen-bond acceptors (Lipinski definition) is 5. The van der Waals surface area contributed by atoms with Gasteiger partial charge in [-0.15, -0.1) is 0 Å². The molecule has 1 aliphatic heterocycles. The minimum absolute atomic E-state index is 0.0667. The summed E-state index contributed by atoms with van der Waals surface area (Å²) in [5.41, 5.74) is 0. The molecule has 0 aromatic carbocycles. The summed E-state index contributed by atoms with van der Waals surface area (Å²) in [6, 6.07) is 0. The monoisotopic (exact) mass is 244 g/mol. The molecule has 0 saturated carbocycles. The van der Waals surface area contributed by atoms with Gasteiger partial charge in [0, 0.05) is 26.6 Å². The second-order valence-corrected chi connectivity index (χ2v) is 4.12. The fraction of sp³-hybridized carbons (Fsp3) is 0.818. The summed E-state index contributed by atoms with van der Waals surface area (Å²) in [5, 5.41) is 2.41. The molecule has 1 aliphatic rings. The van der Waals surface area contributed by atoms with Gasteiger partial charge in [0.25, 0.3) is 0 Å². The van der Waals surface area contributed by atoms with Crippen molar-refractivity contribution in [2.45, 2.75) is 20.0 Å². The molecule has 17 heavy (non-hydrogen) atoms. The molecule has 6 nitrogen and oxygen atoms in total. The molecule has 0 spiro atoms. The topological polar surface area (TPSA) is 67.9 Å². The van der Waals surface area contributed by atoms with Crippen LogP contribution in [-0.2, 0) is 19.1 Å². The molecular weight excluding hydrogens is 224 g/mol. The zero-order chi connectivity index (χ0) is 12.7. The van der Waals surface area contributed by atoms with Gasteiger partial charge in [-0.05, 0) is 6.92 Å². The van der Waals surface area contributed by atoms with Crippen molar-refractivity contribution in [1.29, 1.82) is 0 Å². The largest absolute Gasteiger partial charge is 0.460 e. The highest BCUT2D eigenvalue weighted by Gasteiger charge is 2.16. The van der Waals surface area contributed by atoms with Crippen molar-refractivity contribution in [3.05, 3.63) is 0 Å². The lowest BCUT2D eigenvalue weighted by atomic mass is 10.3. The highest BCUT2D eigenvalue weighted by atomic mass is 16.5. The Balaban J connectivity index is 2.16. The fourth-order valence-corrected chi connectivity index (χ4v) is 1.65. The zero-order valence-electron chi connectivity index (χ0n) is 10.4. The van der Waals surface area contributed by atoms with Crippen molar-refractivity contribution in [2.75, 3.05) is 39.4 Å². The minimum Gasteiger partial charge on any atom is -0.460 e. The molecule has 1 heterocycles. The summed E-state index contributed by atoms with van der Waals surface area (Å²) in [4.78, 5) is 24.1. The summed E-state index contributed by atoms with van der Waals surface area (Å²) in [6.07, 6.45) is -0.172. The lowest BCUT2D eigenvalue weighted by Crippen LogP contribution is -2.42. The SMILES string of the molecule is CC(=O)NCC(=O)OC(C)CN1CCOCC1. The second-order valence-electron chi connectivity index (χ2n) is 4.12. The van der Waals surface area contributed by atoms with Gasteiger partial charge in [0.1, 0.15) is 12.6 Å². The molecule has 1 amide bonds. The number of morpholine rings is 1. The van der Waals surface area contributed by atoms with Gasteiger partial charge in [-0.1, -0.05) is 0 Å². The lowest BCUT2D eigenvalue weighted by molar-refractivity contribution is -0.149. The molecule has 0 aromatic heterocycles. The average molecular weight is 244 g/mol. The summed E-state index contributed by atoms with van der Waals surface area (Å²) >= 11 is 0. The number of nitrogens with zero attached hydrogens (tertiary/aromatic N) is 1. The zero-order valence-corrected chi connectivity index (χ0v) is 10.4. The van der Waals surface area contributed by atoms with Crippen molar-refractivity contribution in [2.24, 2.45) is 0 Å². The van der Waals surface area contributed by atoms with E-state index in [0.29, 0.717) is 6.54 Å². The van der Waals surface area contributed by atoms with Crippen LogP contribution < -0.4 is 5.32 Å². The quantitative estimate of drug-likeness (QED) is 0.653. The molecular formula is C11H20N2O4. The maximum atomic E-state index is 11.3.